The minimum atomic E-state index is -0.508. The van der Waals surface area contributed by atoms with Gasteiger partial charge in [-0.25, -0.2) is 4.98 Å². The van der Waals surface area contributed by atoms with Crippen molar-refractivity contribution in [3.05, 3.63) is 176 Å². The van der Waals surface area contributed by atoms with Gasteiger partial charge in [0, 0.05) is 12.4 Å². The summed E-state index contributed by atoms with van der Waals surface area (Å²) in [6.45, 7) is 10.4. The van der Waals surface area contributed by atoms with Crippen LogP contribution in [0.5, 0.6) is 0 Å². The standard InChI is InChI=1S/C22H26N2Si.C14H13B/c1-19(2)10-9-17-25-22(24-16-15-23-18-24,20-11-5-3-6-12-20)21-13-7-4-8-14-21;1-2-15(13-9-5-3-6-10-13)14-11-7-4-8-12-14/h3-8,11-16,18H,1,9-10,17,25H2,2H3;2-12H,1H2. The molecular formula is C36H39BN2Si. The predicted octanol–water partition coefficient (Wildman–Crippen LogP) is 6.60. The molecular weight excluding hydrogens is 499 g/mol. The summed E-state index contributed by atoms with van der Waals surface area (Å²) in [6.07, 6.45) is 8.33. The number of hydrogen-bond donors (Lipinski definition) is 0. The van der Waals surface area contributed by atoms with Gasteiger partial charge in [0.25, 0.3) is 0 Å². The van der Waals surface area contributed by atoms with Crippen molar-refractivity contribution in [2.24, 2.45) is 0 Å². The van der Waals surface area contributed by atoms with E-state index in [1.165, 1.54) is 40.1 Å². The van der Waals surface area contributed by atoms with Gasteiger partial charge in [0.1, 0.15) is 0 Å². The third-order valence-corrected chi connectivity index (χ3v) is 10.2. The van der Waals surface area contributed by atoms with Crippen LogP contribution in [0, 0.1) is 0 Å². The van der Waals surface area contributed by atoms with Crippen molar-refractivity contribution >= 4 is 27.2 Å². The zero-order chi connectivity index (χ0) is 28.0. The number of nitrogens with zero attached hydrogens (tertiary/aromatic N) is 2. The molecule has 0 aliphatic heterocycles. The molecule has 0 bridgehead atoms. The van der Waals surface area contributed by atoms with E-state index in [1.54, 1.807) is 0 Å². The molecule has 5 aromatic rings. The van der Waals surface area contributed by atoms with Crippen molar-refractivity contribution in [3.63, 3.8) is 0 Å². The Morgan fingerprint density at radius 3 is 1.68 bits per heavy atom. The third-order valence-electron chi connectivity index (χ3n) is 7.39. The minimum Gasteiger partial charge on any atom is -0.327 e. The van der Waals surface area contributed by atoms with Gasteiger partial charge in [0.05, 0.1) is 21.0 Å². The zero-order valence-corrected chi connectivity index (χ0v) is 25.0. The second kappa shape index (κ2) is 14.9. The van der Waals surface area contributed by atoms with E-state index in [-0.39, 0.29) is 5.16 Å². The molecule has 0 radical (unpaired) electrons. The first kappa shape index (κ1) is 28.8. The van der Waals surface area contributed by atoms with Crippen LogP contribution in [0.4, 0.5) is 0 Å². The van der Waals surface area contributed by atoms with Gasteiger partial charge in [-0.05, 0) is 24.5 Å². The van der Waals surface area contributed by atoms with E-state index in [0.717, 1.165) is 6.42 Å². The van der Waals surface area contributed by atoms with Crippen molar-refractivity contribution in [3.8, 4) is 0 Å². The first-order chi connectivity index (χ1) is 19.6. The predicted molar refractivity (Wildman–Crippen MR) is 177 cm³/mol. The van der Waals surface area contributed by atoms with Crippen LogP contribution < -0.4 is 10.9 Å². The SMILES string of the molecule is C=C(C)CCC[SiH2]C(c1ccccc1)(c1ccccc1)n1ccnc1.C=CB(c1ccccc1)c1ccccc1. The molecule has 4 aromatic carbocycles. The highest BCUT2D eigenvalue weighted by atomic mass is 28.2. The van der Waals surface area contributed by atoms with Crippen molar-refractivity contribution in [2.75, 3.05) is 0 Å². The second-order valence-corrected chi connectivity index (χ2v) is 12.5. The van der Waals surface area contributed by atoms with Crippen LogP contribution in [0.15, 0.2) is 165 Å². The Labute approximate surface area is 243 Å². The number of imidazole rings is 1. The van der Waals surface area contributed by atoms with Crippen LogP contribution >= 0.6 is 0 Å². The van der Waals surface area contributed by atoms with Crippen molar-refractivity contribution in [2.45, 2.75) is 31.0 Å². The van der Waals surface area contributed by atoms with Gasteiger partial charge in [-0.15, -0.1) is 19.1 Å². The molecule has 0 unspecified atom stereocenters. The van der Waals surface area contributed by atoms with Gasteiger partial charge in [0.15, 0.2) is 0 Å². The number of allylic oxidation sites excluding steroid dienone is 1. The molecule has 0 amide bonds. The van der Waals surface area contributed by atoms with Crippen molar-refractivity contribution in [1.82, 2.24) is 9.55 Å². The summed E-state index contributed by atoms with van der Waals surface area (Å²) in [5.41, 5.74) is 6.58. The Balaban J connectivity index is 0.000000210. The molecule has 0 N–H and O–H groups in total. The molecule has 40 heavy (non-hydrogen) atoms. The largest absolute Gasteiger partial charge is 0.327 e. The first-order valence-electron chi connectivity index (χ1n) is 14.1. The van der Waals surface area contributed by atoms with Crippen molar-refractivity contribution in [1.29, 1.82) is 0 Å². The number of aromatic nitrogens is 2. The Hall–Kier alpha value is -4.15. The molecule has 0 aliphatic rings. The highest BCUT2D eigenvalue weighted by Crippen LogP contribution is 2.34. The lowest BCUT2D eigenvalue weighted by Gasteiger charge is -2.37. The Kier molecular flexibility index (Phi) is 10.7. The van der Waals surface area contributed by atoms with E-state index < -0.39 is 9.52 Å². The summed E-state index contributed by atoms with van der Waals surface area (Å²) in [5, 5.41) is -0.0892. The molecule has 2 nitrogen and oxygen atoms in total. The first-order valence-corrected chi connectivity index (χ1v) is 15.8. The Morgan fingerprint density at radius 1 is 0.800 bits per heavy atom. The lowest BCUT2D eigenvalue weighted by molar-refractivity contribution is 0.588. The Bertz CT molecular complexity index is 1340. The topological polar surface area (TPSA) is 17.8 Å². The van der Waals surface area contributed by atoms with Gasteiger partial charge in [0.2, 0.25) is 6.71 Å². The van der Waals surface area contributed by atoms with Crippen LogP contribution in [-0.4, -0.2) is 25.8 Å². The fraction of sp³-hybridized carbons (Fsp3) is 0.139. The molecule has 0 saturated carbocycles. The minimum absolute atomic E-state index is 0.0892. The quantitative estimate of drug-likeness (QED) is 0.105. The van der Waals surface area contributed by atoms with E-state index in [4.69, 9.17) is 0 Å². The maximum absolute atomic E-state index is 4.37. The highest BCUT2D eigenvalue weighted by Gasteiger charge is 2.35. The van der Waals surface area contributed by atoms with Gasteiger partial charge in [-0.3, -0.25) is 0 Å². The lowest BCUT2D eigenvalue weighted by Crippen LogP contribution is -2.41. The van der Waals surface area contributed by atoms with E-state index in [1.807, 2.05) is 30.6 Å². The molecule has 0 fully saturated rings. The molecule has 0 saturated heterocycles. The summed E-state index contributed by atoms with van der Waals surface area (Å²) in [7, 11) is -0.508. The molecule has 0 spiro atoms. The maximum Gasteiger partial charge on any atom is 0.233 e. The molecule has 1 aromatic heterocycles. The Morgan fingerprint density at radius 2 is 1.27 bits per heavy atom. The van der Waals surface area contributed by atoms with Gasteiger partial charge in [-0.2, -0.15) is 0 Å². The maximum atomic E-state index is 4.37. The van der Waals surface area contributed by atoms with Crippen LogP contribution in [-0.2, 0) is 5.16 Å². The summed E-state index contributed by atoms with van der Waals surface area (Å²) < 4.78 is 2.32. The fourth-order valence-corrected chi connectivity index (χ4v) is 7.89. The van der Waals surface area contributed by atoms with E-state index in [0.29, 0.717) is 6.71 Å². The van der Waals surface area contributed by atoms with Crippen LogP contribution in [0.1, 0.15) is 30.9 Å². The van der Waals surface area contributed by atoms with E-state index in [9.17, 15) is 0 Å². The fourth-order valence-electron chi connectivity index (χ4n) is 5.39. The summed E-state index contributed by atoms with van der Waals surface area (Å²) in [5.74, 6) is 1.99. The van der Waals surface area contributed by atoms with Gasteiger partial charge < -0.3 is 4.57 Å². The van der Waals surface area contributed by atoms with E-state index in [2.05, 4.69) is 145 Å². The summed E-state index contributed by atoms with van der Waals surface area (Å²) in [4.78, 5) is 4.37. The van der Waals surface area contributed by atoms with Crippen molar-refractivity contribution < 1.29 is 0 Å². The van der Waals surface area contributed by atoms with Gasteiger partial charge >= 0.3 is 0 Å². The summed E-state index contributed by atoms with van der Waals surface area (Å²) >= 11 is 0. The number of benzene rings is 4. The smallest absolute Gasteiger partial charge is 0.233 e. The second-order valence-electron chi connectivity index (χ2n) is 10.3. The molecule has 1 heterocycles. The average Bonchev–Trinajstić information content (AvgIpc) is 3.56. The lowest BCUT2D eigenvalue weighted by atomic mass is 9.41. The number of hydrogen-bond acceptors (Lipinski definition) is 1. The monoisotopic (exact) mass is 538 g/mol. The zero-order valence-electron chi connectivity index (χ0n) is 23.6. The third kappa shape index (κ3) is 7.28. The van der Waals surface area contributed by atoms with E-state index >= 15 is 0 Å². The van der Waals surface area contributed by atoms with Gasteiger partial charge in [-0.1, -0.05) is 150 Å². The summed E-state index contributed by atoms with van der Waals surface area (Å²) in [6, 6.07) is 44.0. The van der Waals surface area contributed by atoms with Crippen LogP contribution in [0.3, 0.4) is 0 Å². The highest BCUT2D eigenvalue weighted by molar-refractivity contribution is 6.89. The molecule has 4 heteroatoms. The molecule has 5 rings (SSSR count). The number of rotatable bonds is 11. The van der Waals surface area contributed by atoms with Crippen LogP contribution in [0.25, 0.3) is 0 Å². The molecule has 0 atom stereocenters. The normalized spacial score (nSPS) is 11.0. The molecule has 200 valence electrons. The van der Waals surface area contributed by atoms with Crippen LogP contribution in [0.2, 0.25) is 6.04 Å². The average molecular weight is 539 g/mol. The molecule has 0 aliphatic carbocycles.